The standard InChI is InChI=1S/C35H33Cl2N3O3/c36-26-18-17-25(29(37)20-26)21-39(31(19-23-9-3-1-4-10-23)34(42)38-27-13-5-2-6-14-27)32(41)22-40-30-16-8-12-24-11-7-15-28(33(24)30)35(40)43/h1,3-4,7-12,15-18,20,27,31H,2,5-6,13-14,19,21-22H2,(H,38,42)/t31-/m1/s1. The third kappa shape index (κ3) is 6.27. The Labute approximate surface area is 261 Å². The molecule has 0 aromatic heterocycles. The fraction of sp³-hybridized carbons (Fsp3) is 0.286. The fourth-order valence-electron chi connectivity index (χ4n) is 6.29. The number of halogens is 2. The first-order chi connectivity index (χ1) is 20.9. The van der Waals surface area contributed by atoms with Crippen LogP contribution in [0.4, 0.5) is 5.69 Å². The Morgan fingerprint density at radius 1 is 0.907 bits per heavy atom. The van der Waals surface area contributed by atoms with Crippen LogP contribution >= 0.6 is 23.2 Å². The van der Waals surface area contributed by atoms with Crippen LogP contribution in [0, 0.1) is 0 Å². The lowest BCUT2D eigenvalue weighted by Gasteiger charge is -2.34. The van der Waals surface area contributed by atoms with Crippen LogP contribution in [-0.2, 0) is 22.6 Å². The Balaban J connectivity index is 1.36. The first-order valence-electron chi connectivity index (χ1n) is 14.8. The quantitative estimate of drug-likeness (QED) is 0.217. The van der Waals surface area contributed by atoms with Gasteiger partial charge in [-0.1, -0.05) is 103 Å². The van der Waals surface area contributed by atoms with Crippen LogP contribution in [0.1, 0.15) is 53.6 Å². The van der Waals surface area contributed by atoms with Crippen molar-refractivity contribution in [3.8, 4) is 0 Å². The lowest BCUT2D eigenvalue weighted by molar-refractivity contribution is -0.140. The molecule has 6 rings (SSSR count). The summed E-state index contributed by atoms with van der Waals surface area (Å²) < 4.78 is 0. The molecule has 1 saturated carbocycles. The average Bonchev–Trinajstić information content (AvgIpc) is 3.28. The van der Waals surface area contributed by atoms with Crippen molar-refractivity contribution in [1.82, 2.24) is 10.2 Å². The van der Waals surface area contributed by atoms with Gasteiger partial charge in [0.05, 0.1) is 5.69 Å². The molecule has 43 heavy (non-hydrogen) atoms. The zero-order chi connectivity index (χ0) is 29.9. The van der Waals surface area contributed by atoms with E-state index in [1.165, 1.54) is 11.3 Å². The molecule has 8 heteroatoms. The van der Waals surface area contributed by atoms with Gasteiger partial charge >= 0.3 is 0 Å². The molecule has 1 fully saturated rings. The summed E-state index contributed by atoms with van der Waals surface area (Å²) in [6.45, 7) is -0.122. The van der Waals surface area contributed by atoms with Gasteiger partial charge in [-0.3, -0.25) is 19.3 Å². The third-order valence-electron chi connectivity index (χ3n) is 8.52. The number of amides is 3. The molecule has 0 spiro atoms. The second kappa shape index (κ2) is 12.8. The third-order valence-corrected chi connectivity index (χ3v) is 9.11. The zero-order valence-electron chi connectivity index (χ0n) is 23.8. The number of carbonyl (C=O) groups is 3. The summed E-state index contributed by atoms with van der Waals surface area (Å²) in [4.78, 5) is 45.2. The lowest BCUT2D eigenvalue weighted by Crippen LogP contribution is -2.54. The number of anilines is 1. The number of carbonyl (C=O) groups excluding carboxylic acids is 3. The van der Waals surface area contributed by atoms with Gasteiger partial charge in [-0.05, 0) is 53.6 Å². The minimum atomic E-state index is -0.820. The van der Waals surface area contributed by atoms with Gasteiger partial charge in [-0.15, -0.1) is 0 Å². The van der Waals surface area contributed by atoms with Gasteiger partial charge in [0.2, 0.25) is 11.8 Å². The summed E-state index contributed by atoms with van der Waals surface area (Å²) >= 11 is 12.8. The van der Waals surface area contributed by atoms with Crippen molar-refractivity contribution in [1.29, 1.82) is 0 Å². The predicted octanol–water partition coefficient (Wildman–Crippen LogP) is 7.20. The highest BCUT2D eigenvalue weighted by molar-refractivity contribution is 6.35. The molecule has 1 atom stereocenters. The number of nitrogens with zero attached hydrogens (tertiary/aromatic N) is 2. The molecule has 0 radical (unpaired) electrons. The molecule has 1 aliphatic carbocycles. The van der Waals surface area contributed by atoms with E-state index in [1.807, 2.05) is 60.7 Å². The van der Waals surface area contributed by atoms with Crippen molar-refractivity contribution in [2.75, 3.05) is 11.4 Å². The van der Waals surface area contributed by atoms with Crippen LogP contribution in [0.5, 0.6) is 0 Å². The Kier molecular flexibility index (Phi) is 8.68. The summed E-state index contributed by atoms with van der Waals surface area (Å²) in [5.41, 5.74) is 2.87. The van der Waals surface area contributed by atoms with Gasteiger partial charge in [0.1, 0.15) is 12.6 Å². The Morgan fingerprint density at radius 3 is 2.40 bits per heavy atom. The van der Waals surface area contributed by atoms with E-state index in [1.54, 1.807) is 29.2 Å². The van der Waals surface area contributed by atoms with Crippen LogP contribution in [0.3, 0.4) is 0 Å². The molecule has 1 N–H and O–H groups in total. The highest BCUT2D eigenvalue weighted by Crippen LogP contribution is 2.37. The van der Waals surface area contributed by atoms with Crippen LogP contribution in [0.15, 0.2) is 84.9 Å². The van der Waals surface area contributed by atoms with Crippen molar-refractivity contribution in [2.45, 2.75) is 57.2 Å². The van der Waals surface area contributed by atoms with Crippen LogP contribution in [-0.4, -0.2) is 41.2 Å². The summed E-state index contributed by atoms with van der Waals surface area (Å²) in [6.07, 6.45) is 5.47. The molecule has 2 aliphatic rings. The Hall–Kier alpha value is -3.87. The molecule has 3 amide bonds. The number of hydrogen-bond donors (Lipinski definition) is 1. The maximum Gasteiger partial charge on any atom is 0.259 e. The monoisotopic (exact) mass is 613 g/mol. The Morgan fingerprint density at radius 2 is 1.65 bits per heavy atom. The van der Waals surface area contributed by atoms with Gasteiger partial charge in [-0.2, -0.15) is 0 Å². The predicted molar refractivity (Wildman–Crippen MR) is 172 cm³/mol. The van der Waals surface area contributed by atoms with Crippen molar-refractivity contribution in [3.63, 3.8) is 0 Å². The van der Waals surface area contributed by atoms with Crippen molar-refractivity contribution >= 4 is 57.4 Å². The average molecular weight is 615 g/mol. The molecule has 0 unspecified atom stereocenters. The molecule has 220 valence electrons. The van der Waals surface area contributed by atoms with Gasteiger partial charge in [0, 0.05) is 40.0 Å². The van der Waals surface area contributed by atoms with Gasteiger partial charge in [0.25, 0.3) is 5.91 Å². The SMILES string of the molecule is O=C(NC1CCCCC1)[C@@H](Cc1ccccc1)N(Cc1ccc(Cl)cc1Cl)C(=O)CN1C(=O)c2cccc3cccc1c23. The number of hydrogen-bond acceptors (Lipinski definition) is 3. The highest BCUT2D eigenvalue weighted by Gasteiger charge is 2.36. The van der Waals surface area contributed by atoms with E-state index in [0.29, 0.717) is 33.3 Å². The molecule has 0 bridgehead atoms. The van der Waals surface area contributed by atoms with Crippen molar-refractivity contribution in [3.05, 3.63) is 112 Å². The second-order valence-electron chi connectivity index (χ2n) is 11.4. The van der Waals surface area contributed by atoms with E-state index in [4.69, 9.17) is 23.2 Å². The van der Waals surface area contributed by atoms with Crippen LogP contribution in [0.25, 0.3) is 10.8 Å². The molecular formula is C35H33Cl2N3O3. The summed E-state index contributed by atoms with van der Waals surface area (Å²) in [6, 6.07) is 25.4. The highest BCUT2D eigenvalue weighted by atomic mass is 35.5. The smallest absolute Gasteiger partial charge is 0.259 e. The summed E-state index contributed by atoms with van der Waals surface area (Å²) in [5.74, 6) is -0.771. The minimum Gasteiger partial charge on any atom is -0.352 e. The molecule has 4 aromatic rings. The largest absolute Gasteiger partial charge is 0.352 e. The number of rotatable bonds is 9. The maximum atomic E-state index is 14.4. The van der Waals surface area contributed by atoms with E-state index >= 15 is 0 Å². The van der Waals surface area contributed by atoms with Crippen molar-refractivity contribution < 1.29 is 14.4 Å². The van der Waals surface area contributed by atoms with Crippen molar-refractivity contribution in [2.24, 2.45) is 0 Å². The number of nitrogens with one attached hydrogen (secondary N) is 1. The first-order valence-corrected chi connectivity index (χ1v) is 15.6. The van der Waals surface area contributed by atoms with E-state index in [2.05, 4.69) is 5.32 Å². The second-order valence-corrected chi connectivity index (χ2v) is 12.2. The van der Waals surface area contributed by atoms with E-state index in [9.17, 15) is 14.4 Å². The molecular weight excluding hydrogens is 581 g/mol. The molecule has 1 aliphatic heterocycles. The van der Waals surface area contributed by atoms with Gasteiger partial charge in [0.15, 0.2) is 0 Å². The molecule has 0 saturated heterocycles. The van der Waals surface area contributed by atoms with Crippen LogP contribution in [0.2, 0.25) is 10.0 Å². The molecule has 1 heterocycles. The first kappa shape index (κ1) is 29.2. The fourth-order valence-corrected chi connectivity index (χ4v) is 6.76. The minimum absolute atomic E-state index is 0.0721. The van der Waals surface area contributed by atoms with Crippen LogP contribution < -0.4 is 10.2 Å². The summed E-state index contributed by atoms with van der Waals surface area (Å²) in [5, 5.41) is 5.92. The van der Waals surface area contributed by atoms with E-state index in [-0.39, 0.29) is 36.9 Å². The maximum absolute atomic E-state index is 14.4. The normalized spacial score (nSPS) is 15.5. The summed E-state index contributed by atoms with van der Waals surface area (Å²) in [7, 11) is 0. The zero-order valence-corrected chi connectivity index (χ0v) is 25.3. The van der Waals surface area contributed by atoms with E-state index < -0.39 is 6.04 Å². The topological polar surface area (TPSA) is 69.7 Å². The molecule has 4 aromatic carbocycles. The Bertz CT molecular complexity index is 1660. The van der Waals surface area contributed by atoms with Gasteiger partial charge in [-0.25, -0.2) is 0 Å². The van der Waals surface area contributed by atoms with Gasteiger partial charge < -0.3 is 10.2 Å². The van der Waals surface area contributed by atoms with E-state index in [0.717, 1.165) is 42.0 Å². The number of benzene rings is 4. The lowest BCUT2D eigenvalue weighted by atomic mass is 9.94. The molecule has 6 nitrogen and oxygen atoms in total.